The summed E-state index contributed by atoms with van der Waals surface area (Å²) in [6.07, 6.45) is 11.1. The predicted molar refractivity (Wildman–Crippen MR) is 75.4 cm³/mol. The molecule has 102 valence electrons. The van der Waals surface area contributed by atoms with Crippen LogP contribution in [0.1, 0.15) is 78.6 Å². The lowest BCUT2D eigenvalue weighted by molar-refractivity contribution is -0.117. The number of hydrogen-bond acceptors (Lipinski definition) is 2. The Morgan fingerprint density at radius 1 is 0.882 bits per heavy atom. The fraction of sp³-hybridized carbons (Fsp3) is 0.933. The first-order chi connectivity index (χ1) is 8.13. The molecule has 0 spiro atoms. The molecule has 0 saturated carbocycles. The molecule has 0 aliphatic carbocycles. The fourth-order valence-electron chi connectivity index (χ4n) is 1.95. The summed E-state index contributed by atoms with van der Waals surface area (Å²) < 4.78 is 0. The van der Waals surface area contributed by atoms with Gasteiger partial charge in [0.1, 0.15) is 5.78 Å². The van der Waals surface area contributed by atoms with Gasteiger partial charge in [0, 0.05) is 12.5 Å². The van der Waals surface area contributed by atoms with Crippen LogP contribution in [-0.4, -0.2) is 18.4 Å². The van der Waals surface area contributed by atoms with Gasteiger partial charge >= 0.3 is 0 Å². The standard InChI is InChI=1S/C15H31NO/c1-14(2)16-13-11-9-7-5-4-6-8-10-12-15(3)17/h14,16H,4-13H2,1-3H3. The van der Waals surface area contributed by atoms with Crippen molar-refractivity contribution in [2.75, 3.05) is 6.54 Å². The number of Topliss-reactive ketones (excluding diaryl/α,β-unsaturated/α-hetero) is 1. The number of unbranched alkanes of at least 4 members (excludes halogenated alkanes) is 7. The van der Waals surface area contributed by atoms with Crippen molar-refractivity contribution < 1.29 is 4.79 Å². The summed E-state index contributed by atoms with van der Waals surface area (Å²) in [6, 6.07) is 0.622. The zero-order valence-corrected chi connectivity index (χ0v) is 12.1. The first-order valence-corrected chi connectivity index (χ1v) is 7.35. The second-order valence-electron chi connectivity index (χ2n) is 5.39. The SMILES string of the molecule is CC(=O)CCCCCCCCCCNC(C)C. The van der Waals surface area contributed by atoms with E-state index in [9.17, 15) is 4.79 Å². The van der Waals surface area contributed by atoms with Crippen LogP contribution in [0.15, 0.2) is 0 Å². The van der Waals surface area contributed by atoms with Gasteiger partial charge in [-0.2, -0.15) is 0 Å². The molecule has 0 aromatic carbocycles. The Labute approximate surface area is 108 Å². The molecule has 2 heteroatoms. The summed E-state index contributed by atoms with van der Waals surface area (Å²) in [5.74, 6) is 0.336. The monoisotopic (exact) mass is 241 g/mol. The van der Waals surface area contributed by atoms with Crippen molar-refractivity contribution in [1.29, 1.82) is 0 Å². The molecule has 0 aromatic rings. The first-order valence-electron chi connectivity index (χ1n) is 7.35. The lowest BCUT2D eigenvalue weighted by Gasteiger charge is -2.07. The van der Waals surface area contributed by atoms with Gasteiger partial charge < -0.3 is 10.1 Å². The maximum Gasteiger partial charge on any atom is 0.129 e. The molecule has 0 aromatic heterocycles. The van der Waals surface area contributed by atoms with Crippen molar-refractivity contribution in [1.82, 2.24) is 5.32 Å². The van der Waals surface area contributed by atoms with Crippen molar-refractivity contribution in [3.8, 4) is 0 Å². The maximum atomic E-state index is 10.7. The molecule has 0 aliphatic heterocycles. The summed E-state index contributed by atoms with van der Waals surface area (Å²) in [4.78, 5) is 10.7. The first kappa shape index (κ1) is 16.6. The number of nitrogens with one attached hydrogen (secondary N) is 1. The van der Waals surface area contributed by atoms with Crippen LogP contribution < -0.4 is 5.32 Å². The number of carbonyl (C=O) groups is 1. The van der Waals surface area contributed by atoms with Crippen molar-refractivity contribution in [3.63, 3.8) is 0 Å². The maximum absolute atomic E-state index is 10.7. The number of carbonyl (C=O) groups excluding carboxylic acids is 1. The van der Waals surface area contributed by atoms with Gasteiger partial charge in [-0.25, -0.2) is 0 Å². The lowest BCUT2D eigenvalue weighted by Crippen LogP contribution is -2.23. The zero-order chi connectivity index (χ0) is 12.9. The zero-order valence-electron chi connectivity index (χ0n) is 12.1. The van der Waals surface area contributed by atoms with Gasteiger partial charge in [-0.3, -0.25) is 0 Å². The average molecular weight is 241 g/mol. The van der Waals surface area contributed by atoms with Crippen LogP contribution in [0, 0.1) is 0 Å². The molecule has 0 saturated heterocycles. The van der Waals surface area contributed by atoms with E-state index >= 15 is 0 Å². The van der Waals surface area contributed by atoms with Gasteiger partial charge in [0.25, 0.3) is 0 Å². The normalized spacial score (nSPS) is 11.1. The largest absolute Gasteiger partial charge is 0.315 e. The van der Waals surface area contributed by atoms with E-state index < -0.39 is 0 Å². The molecule has 0 amide bonds. The third-order valence-corrected chi connectivity index (χ3v) is 3.01. The van der Waals surface area contributed by atoms with Crippen molar-refractivity contribution in [2.24, 2.45) is 0 Å². The van der Waals surface area contributed by atoms with E-state index in [4.69, 9.17) is 0 Å². The summed E-state index contributed by atoms with van der Waals surface area (Å²) in [7, 11) is 0. The molecule has 1 N–H and O–H groups in total. The lowest BCUT2D eigenvalue weighted by atomic mass is 10.1. The third kappa shape index (κ3) is 15.6. The highest BCUT2D eigenvalue weighted by Crippen LogP contribution is 2.09. The van der Waals surface area contributed by atoms with Crippen LogP contribution >= 0.6 is 0 Å². The molecule has 0 heterocycles. The molecule has 0 unspecified atom stereocenters. The molecule has 0 bridgehead atoms. The number of rotatable bonds is 12. The van der Waals surface area contributed by atoms with Crippen molar-refractivity contribution in [2.45, 2.75) is 84.6 Å². The molecule has 0 aliphatic rings. The van der Waals surface area contributed by atoms with Gasteiger partial charge in [-0.15, -0.1) is 0 Å². The van der Waals surface area contributed by atoms with Gasteiger partial charge in [0.2, 0.25) is 0 Å². The van der Waals surface area contributed by atoms with Crippen molar-refractivity contribution >= 4 is 5.78 Å². The van der Waals surface area contributed by atoms with Crippen LogP contribution in [0.4, 0.5) is 0 Å². The Bertz CT molecular complexity index is 178. The van der Waals surface area contributed by atoms with Gasteiger partial charge in [0.05, 0.1) is 0 Å². The Kier molecular flexibility index (Phi) is 11.8. The van der Waals surface area contributed by atoms with Gasteiger partial charge in [-0.1, -0.05) is 52.4 Å². The second-order valence-corrected chi connectivity index (χ2v) is 5.39. The van der Waals surface area contributed by atoms with E-state index in [-0.39, 0.29) is 0 Å². The Balaban J connectivity index is 2.96. The average Bonchev–Trinajstić information content (AvgIpc) is 2.25. The van der Waals surface area contributed by atoms with Crippen molar-refractivity contribution in [3.05, 3.63) is 0 Å². The molecule has 0 radical (unpaired) electrons. The molecule has 17 heavy (non-hydrogen) atoms. The molecule has 2 nitrogen and oxygen atoms in total. The minimum atomic E-state index is 0.336. The van der Waals surface area contributed by atoms with E-state index in [1.165, 1.54) is 44.9 Å². The predicted octanol–water partition coefficient (Wildman–Crippen LogP) is 4.08. The van der Waals surface area contributed by atoms with E-state index in [0.29, 0.717) is 11.8 Å². The van der Waals surface area contributed by atoms with Gasteiger partial charge in [0.15, 0.2) is 0 Å². The summed E-state index contributed by atoms with van der Waals surface area (Å²) in [5, 5.41) is 3.44. The van der Waals surface area contributed by atoms with Crippen LogP contribution in [0.5, 0.6) is 0 Å². The van der Waals surface area contributed by atoms with Crippen LogP contribution in [-0.2, 0) is 4.79 Å². The molecule has 0 fully saturated rings. The fourth-order valence-corrected chi connectivity index (χ4v) is 1.95. The van der Waals surface area contributed by atoms with E-state index in [1.54, 1.807) is 6.92 Å². The Morgan fingerprint density at radius 3 is 1.82 bits per heavy atom. The van der Waals surface area contributed by atoms with Crippen LogP contribution in [0.2, 0.25) is 0 Å². The minimum Gasteiger partial charge on any atom is -0.315 e. The quantitative estimate of drug-likeness (QED) is 0.522. The molecular weight excluding hydrogens is 210 g/mol. The third-order valence-electron chi connectivity index (χ3n) is 3.01. The summed E-state index contributed by atoms with van der Waals surface area (Å²) in [6.45, 7) is 7.24. The Hall–Kier alpha value is -0.370. The second kappa shape index (κ2) is 12.1. The van der Waals surface area contributed by atoms with E-state index in [1.807, 2.05) is 0 Å². The number of hydrogen-bond donors (Lipinski definition) is 1. The molecule has 0 atom stereocenters. The minimum absolute atomic E-state index is 0.336. The number of ketones is 1. The molecular formula is C15H31NO. The highest BCUT2D eigenvalue weighted by molar-refractivity contribution is 5.75. The summed E-state index contributed by atoms with van der Waals surface area (Å²) in [5.41, 5.74) is 0. The van der Waals surface area contributed by atoms with Crippen LogP contribution in [0.25, 0.3) is 0 Å². The van der Waals surface area contributed by atoms with E-state index in [0.717, 1.165) is 19.4 Å². The molecule has 0 rings (SSSR count). The summed E-state index contributed by atoms with van der Waals surface area (Å²) >= 11 is 0. The highest BCUT2D eigenvalue weighted by Gasteiger charge is 1.95. The van der Waals surface area contributed by atoms with E-state index in [2.05, 4.69) is 19.2 Å². The van der Waals surface area contributed by atoms with Crippen LogP contribution in [0.3, 0.4) is 0 Å². The highest BCUT2D eigenvalue weighted by atomic mass is 16.1. The van der Waals surface area contributed by atoms with Gasteiger partial charge in [-0.05, 0) is 26.3 Å². The topological polar surface area (TPSA) is 29.1 Å². The Morgan fingerprint density at radius 2 is 1.35 bits per heavy atom. The smallest absolute Gasteiger partial charge is 0.129 e.